The van der Waals surface area contributed by atoms with Gasteiger partial charge in [0.25, 0.3) is 0 Å². The molecule has 0 amide bonds. The Labute approximate surface area is 88.3 Å². The minimum atomic E-state index is 0.983. The largest absolute Gasteiger partial charge is 0.342 e. The van der Waals surface area contributed by atoms with Gasteiger partial charge in [0.1, 0.15) is 0 Å². The average molecular weight is 204 g/mol. The molecule has 0 saturated carbocycles. The zero-order valence-corrected chi connectivity index (χ0v) is 8.72. The number of aromatic nitrogens is 1. The molecule has 0 aliphatic carbocycles. The van der Waals surface area contributed by atoms with Crippen LogP contribution >= 0.6 is 12.6 Å². The van der Waals surface area contributed by atoms with Gasteiger partial charge in [0.15, 0.2) is 0 Å². The van der Waals surface area contributed by atoms with Crippen molar-refractivity contribution >= 4 is 23.5 Å². The van der Waals surface area contributed by atoms with Crippen LogP contribution in [0.15, 0.2) is 29.2 Å². The number of benzene rings is 1. The summed E-state index contributed by atoms with van der Waals surface area (Å²) >= 11 is 4.35. The van der Waals surface area contributed by atoms with Gasteiger partial charge in [0.2, 0.25) is 0 Å². The second-order valence-corrected chi connectivity index (χ2v) is 4.22. The van der Waals surface area contributed by atoms with Crippen LogP contribution in [0, 0.1) is 0 Å². The summed E-state index contributed by atoms with van der Waals surface area (Å²) in [7, 11) is 0. The summed E-state index contributed by atoms with van der Waals surface area (Å²) < 4.78 is 2.39. The highest BCUT2D eigenvalue weighted by molar-refractivity contribution is 7.80. The van der Waals surface area contributed by atoms with E-state index in [1.165, 1.54) is 16.6 Å². The molecule has 3 rings (SSSR count). The van der Waals surface area contributed by atoms with E-state index < -0.39 is 0 Å². The highest BCUT2D eigenvalue weighted by Gasteiger charge is 2.11. The van der Waals surface area contributed by atoms with E-state index in [0.717, 1.165) is 24.5 Å². The molecule has 3 heteroatoms. The Morgan fingerprint density at radius 3 is 3.14 bits per heavy atom. The summed E-state index contributed by atoms with van der Waals surface area (Å²) in [4.78, 5) is 1.04. The Bertz CT molecular complexity index is 487. The third-order valence-corrected chi connectivity index (χ3v) is 3.07. The molecule has 0 fully saturated rings. The van der Waals surface area contributed by atoms with Gasteiger partial charge in [0, 0.05) is 41.1 Å². The van der Waals surface area contributed by atoms with Crippen molar-refractivity contribution in [2.24, 2.45) is 0 Å². The van der Waals surface area contributed by atoms with E-state index in [-0.39, 0.29) is 0 Å². The first-order valence-corrected chi connectivity index (χ1v) is 5.31. The van der Waals surface area contributed by atoms with E-state index in [4.69, 9.17) is 0 Å². The van der Waals surface area contributed by atoms with Gasteiger partial charge in [-0.2, -0.15) is 0 Å². The summed E-state index contributed by atoms with van der Waals surface area (Å²) in [5, 5.41) is 4.68. The molecule has 1 aromatic heterocycles. The molecule has 72 valence electrons. The molecule has 1 aliphatic rings. The molecule has 1 aliphatic heterocycles. The van der Waals surface area contributed by atoms with Gasteiger partial charge >= 0.3 is 0 Å². The molecular weight excluding hydrogens is 192 g/mol. The van der Waals surface area contributed by atoms with E-state index in [1.54, 1.807) is 0 Å². The van der Waals surface area contributed by atoms with Gasteiger partial charge in [-0.1, -0.05) is 0 Å². The van der Waals surface area contributed by atoms with Crippen LogP contribution in [0.25, 0.3) is 10.9 Å². The van der Waals surface area contributed by atoms with Crippen LogP contribution < -0.4 is 5.32 Å². The number of nitrogens with one attached hydrogen (secondary N) is 1. The number of nitrogens with zero attached hydrogens (tertiary/aromatic N) is 1. The monoisotopic (exact) mass is 204 g/mol. The Hall–Kier alpha value is -0.930. The molecule has 1 N–H and O–H groups in total. The van der Waals surface area contributed by atoms with Crippen molar-refractivity contribution in [3.63, 3.8) is 0 Å². The zero-order chi connectivity index (χ0) is 9.54. The van der Waals surface area contributed by atoms with Gasteiger partial charge in [-0.25, -0.2) is 0 Å². The zero-order valence-electron chi connectivity index (χ0n) is 7.83. The molecule has 0 unspecified atom stereocenters. The fourth-order valence-electron chi connectivity index (χ4n) is 2.13. The van der Waals surface area contributed by atoms with E-state index in [0.29, 0.717) is 0 Å². The summed E-state index contributed by atoms with van der Waals surface area (Å²) in [6.45, 7) is 3.13. The van der Waals surface area contributed by atoms with Gasteiger partial charge in [0.05, 0.1) is 0 Å². The normalized spacial score (nSPS) is 15.8. The third kappa shape index (κ3) is 1.16. The number of thiol groups is 1. The van der Waals surface area contributed by atoms with E-state index in [2.05, 4.69) is 46.8 Å². The molecule has 2 nitrogen and oxygen atoms in total. The predicted octanol–water partition coefficient (Wildman–Crippen LogP) is 2.03. The lowest BCUT2D eigenvalue weighted by Gasteiger charge is -2.16. The molecule has 0 radical (unpaired) electrons. The Morgan fingerprint density at radius 1 is 1.29 bits per heavy atom. The predicted molar refractivity (Wildman–Crippen MR) is 60.9 cm³/mol. The Balaban J connectivity index is 2.31. The fourth-order valence-corrected chi connectivity index (χ4v) is 2.35. The maximum absolute atomic E-state index is 4.35. The van der Waals surface area contributed by atoms with E-state index in [1.807, 2.05) is 0 Å². The lowest BCUT2D eigenvalue weighted by Crippen LogP contribution is -2.27. The first kappa shape index (κ1) is 8.38. The number of fused-ring (bicyclic) bond motifs is 3. The topological polar surface area (TPSA) is 17.0 Å². The van der Waals surface area contributed by atoms with E-state index in [9.17, 15) is 0 Å². The van der Waals surface area contributed by atoms with Gasteiger partial charge in [-0.3, -0.25) is 0 Å². The van der Waals surface area contributed by atoms with Crippen molar-refractivity contribution in [3.8, 4) is 0 Å². The number of hydrogen-bond donors (Lipinski definition) is 2. The summed E-state index contributed by atoms with van der Waals surface area (Å²) in [6.07, 6.45) is 0. The van der Waals surface area contributed by atoms with Crippen molar-refractivity contribution in [1.29, 1.82) is 0 Å². The highest BCUT2D eigenvalue weighted by Crippen LogP contribution is 2.23. The molecular formula is C11H12N2S. The van der Waals surface area contributed by atoms with Crippen molar-refractivity contribution < 1.29 is 0 Å². The van der Waals surface area contributed by atoms with Gasteiger partial charge < -0.3 is 9.88 Å². The van der Waals surface area contributed by atoms with Crippen LogP contribution in [-0.2, 0) is 13.1 Å². The molecule has 2 aromatic rings. The Kier molecular flexibility index (Phi) is 1.82. The van der Waals surface area contributed by atoms with Crippen molar-refractivity contribution in [3.05, 3.63) is 30.0 Å². The second-order valence-electron chi connectivity index (χ2n) is 3.71. The molecule has 0 spiro atoms. The van der Waals surface area contributed by atoms with Crippen LogP contribution in [0.2, 0.25) is 0 Å². The minimum Gasteiger partial charge on any atom is -0.342 e. The molecule has 14 heavy (non-hydrogen) atoms. The van der Waals surface area contributed by atoms with Crippen LogP contribution in [-0.4, -0.2) is 11.1 Å². The summed E-state index contributed by atoms with van der Waals surface area (Å²) in [5.41, 5.74) is 2.71. The van der Waals surface area contributed by atoms with Crippen LogP contribution in [0.5, 0.6) is 0 Å². The first-order valence-electron chi connectivity index (χ1n) is 4.86. The third-order valence-electron chi connectivity index (χ3n) is 2.79. The standard InChI is InChI=1S/C11H12N2S/c14-10-1-2-11-8(6-10)5-9-7-12-3-4-13(9)11/h1-2,5-6,12,14H,3-4,7H2. The average Bonchev–Trinajstić information content (AvgIpc) is 2.54. The molecule has 0 bridgehead atoms. The smallest absolute Gasteiger partial charge is 0.0484 e. The van der Waals surface area contributed by atoms with Crippen LogP contribution in [0.3, 0.4) is 0 Å². The van der Waals surface area contributed by atoms with Crippen LogP contribution in [0.1, 0.15) is 5.69 Å². The fraction of sp³-hybridized carbons (Fsp3) is 0.273. The second kappa shape index (κ2) is 3.04. The first-order chi connectivity index (χ1) is 6.84. The maximum Gasteiger partial charge on any atom is 0.0484 e. The highest BCUT2D eigenvalue weighted by atomic mass is 32.1. The van der Waals surface area contributed by atoms with Crippen molar-refractivity contribution in [2.75, 3.05) is 6.54 Å². The quantitative estimate of drug-likeness (QED) is 0.628. The number of hydrogen-bond acceptors (Lipinski definition) is 2. The minimum absolute atomic E-state index is 0.983. The van der Waals surface area contributed by atoms with Gasteiger partial charge in [-0.05, 0) is 24.3 Å². The number of rotatable bonds is 0. The Morgan fingerprint density at radius 2 is 2.21 bits per heavy atom. The van der Waals surface area contributed by atoms with Crippen molar-refractivity contribution in [2.45, 2.75) is 18.0 Å². The van der Waals surface area contributed by atoms with Gasteiger partial charge in [-0.15, -0.1) is 12.6 Å². The van der Waals surface area contributed by atoms with Crippen molar-refractivity contribution in [1.82, 2.24) is 9.88 Å². The lowest BCUT2D eigenvalue weighted by atomic mass is 10.2. The van der Waals surface area contributed by atoms with Crippen LogP contribution in [0.4, 0.5) is 0 Å². The molecule has 0 saturated heterocycles. The molecule has 2 heterocycles. The summed E-state index contributed by atoms with van der Waals surface area (Å²) in [5.74, 6) is 0. The molecule has 1 aromatic carbocycles. The van der Waals surface area contributed by atoms with E-state index >= 15 is 0 Å². The molecule has 0 atom stereocenters. The SMILES string of the molecule is Sc1ccc2c(c1)cc1n2CCNC1. The summed E-state index contributed by atoms with van der Waals surface area (Å²) in [6, 6.07) is 8.60. The maximum atomic E-state index is 4.35. The lowest BCUT2D eigenvalue weighted by molar-refractivity contribution is 0.527.